The first kappa shape index (κ1) is 14.6. The van der Waals surface area contributed by atoms with E-state index in [9.17, 15) is 4.39 Å². The van der Waals surface area contributed by atoms with E-state index in [1.165, 1.54) is 7.11 Å². The number of rotatable bonds is 3. The van der Waals surface area contributed by atoms with Gasteiger partial charge in [-0.2, -0.15) is 0 Å². The Morgan fingerprint density at radius 2 is 2.35 bits per heavy atom. The molecule has 1 aromatic carbocycles. The van der Waals surface area contributed by atoms with Crippen LogP contribution in [0.25, 0.3) is 0 Å². The second-order valence-corrected chi connectivity index (χ2v) is 6.08. The molecule has 0 radical (unpaired) electrons. The van der Waals surface area contributed by atoms with Gasteiger partial charge in [0.1, 0.15) is 0 Å². The van der Waals surface area contributed by atoms with Crippen LogP contribution in [-0.4, -0.2) is 46.2 Å². The van der Waals surface area contributed by atoms with Crippen molar-refractivity contribution < 1.29 is 13.9 Å². The molecule has 2 aliphatic heterocycles. The molecule has 0 amide bonds. The highest BCUT2D eigenvalue weighted by Crippen LogP contribution is 2.30. The Morgan fingerprint density at radius 1 is 1.43 bits per heavy atom. The smallest absolute Gasteiger partial charge is 0.165 e. The molecule has 1 saturated heterocycles. The van der Waals surface area contributed by atoms with E-state index in [-0.39, 0.29) is 23.7 Å². The summed E-state index contributed by atoms with van der Waals surface area (Å²) in [6.07, 6.45) is 2.89. The maximum atomic E-state index is 13.8. The monoisotopic (exact) mass is 318 g/mol. The Balaban J connectivity index is 1.49. The summed E-state index contributed by atoms with van der Waals surface area (Å²) >= 11 is 0. The van der Waals surface area contributed by atoms with Gasteiger partial charge in [0.2, 0.25) is 0 Å². The van der Waals surface area contributed by atoms with Crippen molar-refractivity contribution >= 4 is 0 Å². The third kappa shape index (κ3) is 2.70. The van der Waals surface area contributed by atoms with Gasteiger partial charge in [-0.25, -0.2) is 9.07 Å². The number of likely N-dealkylation sites (tertiary alicyclic amines) is 1. The van der Waals surface area contributed by atoms with Gasteiger partial charge >= 0.3 is 0 Å². The fourth-order valence-electron chi connectivity index (χ4n) is 3.45. The Bertz CT molecular complexity index is 705. The molecule has 1 fully saturated rings. The van der Waals surface area contributed by atoms with Crippen molar-refractivity contribution in [1.82, 2.24) is 19.9 Å². The average Bonchev–Trinajstić information content (AvgIpc) is 3.04. The Labute approximate surface area is 133 Å². The molecular weight excluding hydrogens is 299 g/mol. The molecule has 6 nitrogen and oxygen atoms in total. The Hall–Kier alpha value is -1.99. The summed E-state index contributed by atoms with van der Waals surface area (Å²) in [7, 11) is 1.47. The van der Waals surface area contributed by atoms with Crippen LogP contribution < -0.4 is 4.74 Å². The average molecular weight is 318 g/mol. The molecule has 0 bridgehead atoms. The van der Waals surface area contributed by atoms with Crippen LogP contribution in [0.4, 0.5) is 4.39 Å². The summed E-state index contributed by atoms with van der Waals surface area (Å²) < 4.78 is 26.7. The first-order valence-electron chi connectivity index (χ1n) is 7.80. The molecule has 0 N–H and O–H groups in total. The van der Waals surface area contributed by atoms with Crippen LogP contribution >= 0.6 is 0 Å². The molecule has 23 heavy (non-hydrogen) atoms. The topological polar surface area (TPSA) is 52.4 Å². The zero-order valence-electron chi connectivity index (χ0n) is 13.0. The molecule has 3 heterocycles. The minimum absolute atomic E-state index is 0.179. The van der Waals surface area contributed by atoms with Gasteiger partial charge in [0.15, 0.2) is 11.6 Å². The number of aromatic nitrogens is 3. The molecule has 4 rings (SSSR count). The Kier molecular flexibility index (Phi) is 3.74. The van der Waals surface area contributed by atoms with Crippen LogP contribution in [0.15, 0.2) is 24.4 Å². The highest BCUT2D eigenvalue weighted by molar-refractivity contribution is 5.29. The number of piperidine rings is 1. The number of halogens is 1. The summed E-state index contributed by atoms with van der Waals surface area (Å²) in [5.74, 6) is -0.0418. The summed E-state index contributed by atoms with van der Waals surface area (Å²) in [5, 5.41) is 8.19. The predicted octanol–water partition coefficient (Wildman–Crippen LogP) is 1.77. The molecule has 2 unspecified atom stereocenters. The molecule has 2 aliphatic rings. The SMILES string of the molecule is COc1ccc(CN2CCC3OCc4cnnn4C3C2)cc1F. The van der Waals surface area contributed by atoms with Gasteiger partial charge in [-0.1, -0.05) is 11.3 Å². The lowest BCUT2D eigenvalue weighted by atomic mass is 10.00. The second-order valence-electron chi connectivity index (χ2n) is 6.08. The zero-order valence-corrected chi connectivity index (χ0v) is 13.0. The van der Waals surface area contributed by atoms with Crippen LogP contribution in [0.1, 0.15) is 23.7 Å². The molecular formula is C16H19FN4O2. The van der Waals surface area contributed by atoms with Crippen molar-refractivity contribution in [2.75, 3.05) is 20.2 Å². The Morgan fingerprint density at radius 3 is 3.17 bits per heavy atom. The fraction of sp³-hybridized carbons (Fsp3) is 0.500. The van der Waals surface area contributed by atoms with E-state index in [1.807, 2.05) is 10.7 Å². The zero-order chi connectivity index (χ0) is 15.8. The van der Waals surface area contributed by atoms with E-state index in [4.69, 9.17) is 9.47 Å². The lowest BCUT2D eigenvalue weighted by Gasteiger charge is -2.41. The van der Waals surface area contributed by atoms with Crippen LogP contribution in [0.2, 0.25) is 0 Å². The van der Waals surface area contributed by atoms with Gasteiger partial charge in [-0.3, -0.25) is 4.90 Å². The molecule has 0 spiro atoms. The number of nitrogens with zero attached hydrogens (tertiary/aromatic N) is 4. The van der Waals surface area contributed by atoms with E-state index >= 15 is 0 Å². The van der Waals surface area contributed by atoms with E-state index < -0.39 is 0 Å². The van der Waals surface area contributed by atoms with E-state index in [0.717, 1.165) is 30.8 Å². The van der Waals surface area contributed by atoms with Gasteiger partial charge in [0.25, 0.3) is 0 Å². The van der Waals surface area contributed by atoms with Crippen molar-refractivity contribution in [3.63, 3.8) is 0 Å². The van der Waals surface area contributed by atoms with Crippen molar-refractivity contribution in [1.29, 1.82) is 0 Å². The number of benzene rings is 1. The quantitative estimate of drug-likeness (QED) is 0.863. The number of fused-ring (bicyclic) bond motifs is 3. The standard InChI is InChI=1S/C16H19FN4O2/c1-22-15-3-2-11(6-13(15)17)8-20-5-4-16-14(9-20)21-12(10-23-16)7-18-19-21/h2-3,6-7,14,16H,4-5,8-10H2,1H3. The highest BCUT2D eigenvalue weighted by atomic mass is 19.1. The van der Waals surface area contributed by atoms with E-state index in [2.05, 4.69) is 15.2 Å². The summed E-state index contributed by atoms with van der Waals surface area (Å²) in [5.41, 5.74) is 1.96. The normalized spacial score (nSPS) is 24.1. The number of ether oxygens (including phenoxy) is 2. The van der Waals surface area contributed by atoms with Crippen molar-refractivity contribution in [3.05, 3.63) is 41.5 Å². The lowest BCUT2D eigenvalue weighted by molar-refractivity contribution is -0.0669. The summed E-state index contributed by atoms with van der Waals surface area (Å²) in [6.45, 7) is 3.04. The van der Waals surface area contributed by atoms with Gasteiger partial charge in [0.05, 0.1) is 37.8 Å². The van der Waals surface area contributed by atoms with Crippen LogP contribution in [0, 0.1) is 5.82 Å². The van der Waals surface area contributed by atoms with Crippen LogP contribution in [0.3, 0.4) is 0 Å². The summed E-state index contributed by atoms with van der Waals surface area (Å²) in [6, 6.07) is 5.31. The van der Waals surface area contributed by atoms with E-state index in [1.54, 1.807) is 18.3 Å². The third-order valence-corrected chi connectivity index (χ3v) is 4.64. The van der Waals surface area contributed by atoms with Gasteiger partial charge in [-0.05, 0) is 24.1 Å². The largest absolute Gasteiger partial charge is 0.494 e. The molecule has 122 valence electrons. The number of methoxy groups -OCH3 is 1. The first-order valence-corrected chi connectivity index (χ1v) is 7.80. The van der Waals surface area contributed by atoms with E-state index in [0.29, 0.717) is 13.2 Å². The summed E-state index contributed by atoms with van der Waals surface area (Å²) in [4.78, 5) is 2.31. The fourth-order valence-corrected chi connectivity index (χ4v) is 3.45. The minimum Gasteiger partial charge on any atom is -0.494 e. The predicted molar refractivity (Wildman–Crippen MR) is 80.5 cm³/mol. The van der Waals surface area contributed by atoms with Crippen molar-refractivity contribution in [2.24, 2.45) is 0 Å². The lowest BCUT2D eigenvalue weighted by Crippen LogP contribution is -2.47. The molecule has 2 atom stereocenters. The van der Waals surface area contributed by atoms with Crippen LogP contribution in [-0.2, 0) is 17.9 Å². The van der Waals surface area contributed by atoms with Gasteiger partial charge < -0.3 is 9.47 Å². The van der Waals surface area contributed by atoms with Gasteiger partial charge in [0, 0.05) is 19.6 Å². The maximum absolute atomic E-state index is 13.8. The molecule has 0 saturated carbocycles. The van der Waals surface area contributed by atoms with Crippen molar-refractivity contribution in [2.45, 2.75) is 31.7 Å². The maximum Gasteiger partial charge on any atom is 0.165 e. The number of hydrogen-bond acceptors (Lipinski definition) is 5. The molecule has 2 aromatic rings. The number of hydrogen-bond donors (Lipinski definition) is 0. The first-order chi connectivity index (χ1) is 11.2. The second kappa shape index (κ2) is 5.90. The third-order valence-electron chi connectivity index (χ3n) is 4.64. The molecule has 0 aliphatic carbocycles. The van der Waals surface area contributed by atoms with Crippen molar-refractivity contribution in [3.8, 4) is 5.75 Å². The molecule has 1 aromatic heterocycles. The highest BCUT2D eigenvalue weighted by Gasteiger charge is 2.36. The molecule has 7 heteroatoms. The van der Waals surface area contributed by atoms with Gasteiger partial charge in [-0.15, -0.1) is 5.10 Å². The van der Waals surface area contributed by atoms with Crippen LogP contribution in [0.5, 0.6) is 5.75 Å². The minimum atomic E-state index is -0.320.